The van der Waals surface area contributed by atoms with E-state index in [0.29, 0.717) is 6.54 Å². The van der Waals surface area contributed by atoms with Crippen molar-refractivity contribution >= 4 is 15.9 Å². The first-order chi connectivity index (χ1) is 9.70. The molecule has 0 aromatic heterocycles. The third-order valence-electron chi connectivity index (χ3n) is 3.88. The van der Waals surface area contributed by atoms with Crippen molar-refractivity contribution in [2.45, 2.75) is 63.9 Å². The van der Waals surface area contributed by atoms with Gasteiger partial charge in [0.2, 0.25) is 0 Å². The summed E-state index contributed by atoms with van der Waals surface area (Å²) < 4.78 is 1.04. The highest BCUT2D eigenvalue weighted by atomic mass is 79.9. The van der Waals surface area contributed by atoms with Crippen molar-refractivity contribution < 1.29 is 5.11 Å². The van der Waals surface area contributed by atoms with Crippen molar-refractivity contribution in [3.05, 3.63) is 34.3 Å². The number of benzene rings is 1. The molecule has 0 aliphatic rings. The summed E-state index contributed by atoms with van der Waals surface area (Å²) in [5.41, 5.74) is 6.98. The summed E-state index contributed by atoms with van der Waals surface area (Å²) >= 11 is 3.55. The maximum absolute atomic E-state index is 10.4. The molecule has 0 heterocycles. The third kappa shape index (κ3) is 5.94. The van der Waals surface area contributed by atoms with Crippen molar-refractivity contribution in [3.63, 3.8) is 0 Å². The molecule has 0 saturated carbocycles. The van der Waals surface area contributed by atoms with E-state index in [4.69, 9.17) is 5.73 Å². The molecule has 1 aromatic carbocycles. The van der Waals surface area contributed by atoms with E-state index in [1.165, 1.54) is 32.1 Å². The molecule has 2 nitrogen and oxygen atoms in total. The molecule has 20 heavy (non-hydrogen) atoms. The first-order valence-electron chi connectivity index (χ1n) is 7.83. The zero-order valence-corrected chi connectivity index (χ0v) is 14.1. The van der Waals surface area contributed by atoms with Crippen LogP contribution in [0.1, 0.15) is 63.4 Å². The number of nitrogens with two attached hydrogens (primary N) is 1. The van der Waals surface area contributed by atoms with Crippen LogP contribution in [0.25, 0.3) is 0 Å². The van der Waals surface area contributed by atoms with Crippen LogP contribution in [0.5, 0.6) is 0 Å². The molecular weight excluding hydrogens is 314 g/mol. The molecule has 114 valence electrons. The van der Waals surface area contributed by atoms with E-state index in [1.807, 2.05) is 24.3 Å². The van der Waals surface area contributed by atoms with Gasteiger partial charge < -0.3 is 10.8 Å². The van der Waals surface area contributed by atoms with Gasteiger partial charge in [0.15, 0.2) is 0 Å². The maximum atomic E-state index is 10.4. The molecule has 3 heteroatoms. The Hall–Kier alpha value is -0.380. The molecular formula is C17H28BrNO. The molecule has 2 unspecified atom stereocenters. The van der Waals surface area contributed by atoms with Crippen LogP contribution in [0.3, 0.4) is 0 Å². The van der Waals surface area contributed by atoms with Crippen molar-refractivity contribution in [2.24, 2.45) is 5.73 Å². The van der Waals surface area contributed by atoms with Gasteiger partial charge in [0.1, 0.15) is 0 Å². The molecule has 0 amide bonds. The Bertz CT molecular complexity index is 370. The SMILES string of the molecule is CCCCCCCCC(O)C(CN)c1ccccc1Br. The Balaban J connectivity index is 2.40. The Morgan fingerprint density at radius 1 is 1.10 bits per heavy atom. The van der Waals surface area contributed by atoms with E-state index in [0.717, 1.165) is 22.9 Å². The van der Waals surface area contributed by atoms with Gasteiger partial charge in [-0.05, 0) is 18.1 Å². The monoisotopic (exact) mass is 341 g/mol. The summed E-state index contributed by atoms with van der Waals surface area (Å²) in [5, 5.41) is 10.4. The molecule has 0 bridgehead atoms. The topological polar surface area (TPSA) is 46.2 Å². The highest BCUT2D eigenvalue weighted by molar-refractivity contribution is 9.10. The number of aliphatic hydroxyl groups is 1. The maximum Gasteiger partial charge on any atom is 0.0621 e. The van der Waals surface area contributed by atoms with E-state index in [1.54, 1.807) is 0 Å². The number of rotatable bonds is 10. The summed E-state index contributed by atoms with van der Waals surface area (Å²) in [4.78, 5) is 0. The van der Waals surface area contributed by atoms with E-state index >= 15 is 0 Å². The Labute approximate surface area is 131 Å². The average molecular weight is 342 g/mol. The normalized spacial score (nSPS) is 14.2. The van der Waals surface area contributed by atoms with Crippen LogP contribution in [0.4, 0.5) is 0 Å². The first-order valence-corrected chi connectivity index (χ1v) is 8.62. The van der Waals surface area contributed by atoms with Gasteiger partial charge in [-0.3, -0.25) is 0 Å². The fraction of sp³-hybridized carbons (Fsp3) is 0.647. The number of hydrogen-bond donors (Lipinski definition) is 2. The zero-order chi connectivity index (χ0) is 14.8. The molecule has 1 rings (SSSR count). The second-order valence-corrected chi connectivity index (χ2v) is 6.34. The van der Waals surface area contributed by atoms with Gasteiger partial charge in [-0.25, -0.2) is 0 Å². The Kier molecular flexibility index (Phi) is 9.16. The van der Waals surface area contributed by atoms with Crippen LogP contribution < -0.4 is 5.73 Å². The van der Waals surface area contributed by atoms with Gasteiger partial charge in [0.05, 0.1) is 6.10 Å². The van der Waals surface area contributed by atoms with Gasteiger partial charge in [0, 0.05) is 16.9 Å². The van der Waals surface area contributed by atoms with Gasteiger partial charge >= 0.3 is 0 Å². The molecule has 0 aliphatic carbocycles. The van der Waals surface area contributed by atoms with Crippen LogP contribution in [0, 0.1) is 0 Å². The largest absolute Gasteiger partial charge is 0.392 e. The van der Waals surface area contributed by atoms with Crippen molar-refractivity contribution in [3.8, 4) is 0 Å². The minimum atomic E-state index is -0.343. The van der Waals surface area contributed by atoms with Crippen LogP contribution in [0.15, 0.2) is 28.7 Å². The van der Waals surface area contributed by atoms with Gasteiger partial charge in [-0.1, -0.05) is 79.6 Å². The van der Waals surface area contributed by atoms with Gasteiger partial charge in [0.25, 0.3) is 0 Å². The van der Waals surface area contributed by atoms with Crippen molar-refractivity contribution in [2.75, 3.05) is 6.54 Å². The molecule has 1 aromatic rings. The molecule has 0 saturated heterocycles. The van der Waals surface area contributed by atoms with E-state index < -0.39 is 0 Å². The number of aliphatic hydroxyl groups excluding tert-OH is 1. The summed E-state index contributed by atoms with van der Waals surface area (Å²) in [6.45, 7) is 2.72. The van der Waals surface area contributed by atoms with E-state index in [9.17, 15) is 5.11 Å². The first kappa shape index (κ1) is 17.7. The number of hydrogen-bond acceptors (Lipinski definition) is 2. The molecule has 0 fully saturated rings. The van der Waals surface area contributed by atoms with Crippen LogP contribution >= 0.6 is 15.9 Å². The number of halogens is 1. The molecule has 2 atom stereocenters. The smallest absolute Gasteiger partial charge is 0.0621 e. The lowest BCUT2D eigenvalue weighted by Gasteiger charge is -2.23. The quantitative estimate of drug-likeness (QED) is 0.610. The van der Waals surface area contributed by atoms with E-state index in [2.05, 4.69) is 22.9 Å². The third-order valence-corrected chi connectivity index (χ3v) is 4.60. The second-order valence-electron chi connectivity index (χ2n) is 5.49. The minimum Gasteiger partial charge on any atom is -0.392 e. The van der Waals surface area contributed by atoms with Gasteiger partial charge in [-0.15, -0.1) is 0 Å². The van der Waals surface area contributed by atoms with Crippen LogP contribution in [-0.2, 0) is 0 Å². The lowest BCUT2D eigenvalue weighted by Crippen LogP contribution is -2.26. The lowest BCUT2D eigenvalue weighted by atomic mass is 9.90. The van der Waals surface area contributed by atoms with Crippen LogP contribution in [0.2, 0.25) is 0 Å². The van der Waals surface area contributed by atoms with Crippen molar-refractivity contribution in [1.29, 1.82) is 0 Å². The predicted molar refractivity (Wildman–Crippen MR) is 89.9 cm³/mol. The van der Waals surface area contributed by atoms with E-state index in [-0.39, 0.29) is 12.0 Å². The highest BCUT2D eigenvalue weighted by Crippen LogP contribution is 2.28. The predicted octanol–water partition coefficient (Wildman–Crippen LogP) is 4.60. The summed E-state index contributed by atoms with van der Waals surface area (Å²) in [5.74, 6) is 0.0289. The highest BCUT2D eigenvalue weighted by Gasteiger charge is 2.21. The minimum absolute atomic E-state index is 0.0289. The Morgan fingerprint density at radius 2 is 1.75 bits per heavy atom. The summed E-state index contributed by atoms with van der Waals surface area (Å²) in [6.07, 6.45) is 8.00. The van der Waals surface area contributed by atoms with Gasteiger partial charge in [-0.2, -0.15) is 0 Å². The molecule has 0 radical (unpaired) electrons. The summed E-state index contributed by atoms with van der Waals surface area (Å²) in [6, 6.07) is 8.04. The molecule has 3 N–H and O–H groups in total. The van der Waals surface area contributed by atoms with Crippen molar-refractivity contribution in [1.82, 2.24) is 0 Å². The molecule has 0 spiro atoms. The standard InChI is InChI=1S/C17H28BrNO/c1-2-3-4-5-6-7-12-17(20)15(13-19)14-10-8-9-11-16(14)18/h8-11,15,17,20H,2-7,12-13,19H2,1H3. The average Bonchev–Trinajstić information content (AvgIpc) is 2.45. The fourth-order valence-electron chi connectivity index (χ4n) is 2.60. The summed E-state index contributed by atoms with van der Waals surface area (Å²) in [7, 11) is 0. The molecule has 0 aliphatic heterocycles. The lowest BCUT2D eigenvalue weighted by molar-refractivity contribution is 0.132. The second kappa shape index (κ2) is 10.4. The Morgan fingerprint density at radius 3 is 2.40 bits per heavy atom. The zero-order valence-electron chi connectivity index (χ0n) is 12.5. The fourth-order valence-corrected chi connectivity index (χ4v) is 3.18. The van der Waals surface area contributed by atoms with Crippen LogP contribution in [-0.4, -0.2) is 17.8 Å². The number of unbranched alkanes of at least 4 members (excludes halogenated alkanes) is 5.